The van der Waals surface area contributed by atoms with Crippen molar-refractivity contribution >= 4 is 52.0 Å². The Hall–Kier alpha value is -3.40. The van der Waals surface area contributed by atoms with Gasteiger partial charge in [-0.05, 0) is 29.5 Å². The summed E-state index contributed by atoms with van der Waals surface area (Å²) in [6.45, 7) is 9.65. The van der Waals surface area contributed by atoms with Crippen LogP contribution in [0.5, 0.6) is 0 Å². The van der Waals surface area contributed by atoms with E-state index in [-0.39, 0.29) is 18.3 Å². The Morgan fingerprint density at radius 2 is 1.94 bits per heavy atom. The number of amides is 2. The Balaban J connectivity index is 1.85. The predicted molar refractivity (Wildman–Crippen MR) is 128 cm³/mol. The van der Waals surface area contributed by atoms with Crippen LogP contribution in [-0.4, -0.2) is 44.8 Å². The van der Waals surface area contributed by atoms with Gasteiger partial charge in [0.1, 0.15) is 23.6 Å². The lowest BCUT2D eigenvalue weighted by atomic mass is 9.86. The number of carbonyl (C=O) groups excluding carboxylic acids is 2. The standard InChI is InChI=1S/C22H28ClN7O3/c1-12(2)10-33-21(32)27-16(22(3,4)5)20(31)28-19-15-17(24-11-25-18(15)29-30-19)26-14-8-6-7-13(23)9-14/h6-9,11-12,16H,10H2,1-5H3,(H,27,32)(H3,24,25,26,28,29,30,31). The van der Waals surface area contributed by atoms with Gasteiger partial charge in [0, 0.05) is 10.7 Å². The lowest BCUT2D eigenvalue weighted by molar-refractivity contribution is -0.120. The first-order valence-electron chi connectivity index (χ1n) is 10.5. The first-order chi connectivity index (χ1) is 15.5. The average Bonchev–Trinajstić information content (AvgIpc) is 3.13. The maximum atomic E-state index is 13.2. The van der Waals surface area contributed by atoms with Crippen LogP contribution in [0.4, 0.5) is 22.1 Å². The SMILES string of the molecule is CC(C)COC(=O)NC(C(=O)Nc1n[nH]c2ncnc(Nc3cccc(Cl)c3)c12)C(C)(C)C. The summed E-state index contributed by atoms with van der Waals surface area (Å²) in [6.07, 6.45) is 0.723. The third-order valence-corrected chi connectivity index (χ3v) is 4.86. The number of benzene rings is 1. The fourth-order valence-corrected chi connectivity index (χ4v) is 3.20. The van der Waals surface area contributed by atoms with E-state index in [9.17, 15) is 9.59 Å². The largest absolute Gasteiger partial charge is 0.449 e. The second-order valence-corrected chi connectivity index (χ2v) is 9.51. The highest BCUT2D eigenvalue weighted by molar-refractivity contribution is 6.30. The molecule has 176 valence electrons. The van der Waals surface area contributed by atoms with Crippen LogP contribution in [0.2, 0.25) is 5.02 Å². The van der Waals surface area contributed by atoms with Crippen molar-refractivity contribution in [2.24, 2.45) is 11.3 Å². The van der Waals surface area contributed by atoms with Gasteiger partial charge in [0.15, 0.2) is 11.5 Å². The van der Waals surface area contributed by atoms with Crippen LogP contribution >= 0.6 is 11.6 Å². The average molecular weight is 474 g/mol. The molecule has 3 rings (SSSR count). The number of fused-ring (bicyclic) bond motifs is 1. The molecule has 0 saturated heterocycles. The van der Waals surface area contributed by atoms with Crippen LogP contribution in [0.1, 0.15) is 34.6 Å². The quantitative estimate of drug-likeness (QED) is 0.397. The maximum absolute atomic E-state index is 13.2. The van der Waals surface area contributed by atoms with E-state index in [4.69, 9.17) is 16.3 Å². The summed E-state index contributed by atoms with van der Waals surface area (Å²) in [7, 11) is 0. The number of halogens is 1. The molecule has 11 heteroatoms. The zero-order chi connectivity index (χ0) is 24.2. The normalized spacial score (nSPS) is 12.5. The number of alkyl carbamates (subject to hydrolysis) is 1. The molecular formula is C22H28ClN7O3. The summed E-state index contributed by atoms with van der Waals surface area (Å²) < 4.78 is 5.19. The van der Waals surface area contributed by atoms with E-state index in [0.29, 0.717) is 27.6 Å². The molecule has 1 aromatic carbocycles. The molecule has 0 aliphatic carbocycles. The van der Waals surface area contributed by atoms with Crippen LogP contribution in [0.25, 0.3) is 11.0 Å². The molecule has 0 saturated carbocycles. The minimum atomic E-state index is -0.877. The summed E-state index contributed by atoms with van der Waals surface area (Å²) in [5.74, 6) is 0.392. The number of carbonyl (C=O) groups is 2. The van der Waals surface area contributed by atoms with Gasteiger partial charge in [-0.2, -0.15) is 5.10 Å². The summed E-state index contributed by atoms with van der Waals surface area (Å²) in [4.78, 5) is 33.9. The molecule has 0 bridgehead atoms. The molecule has 2 aromatic heterocycles. The number of aromatic nitrogens is 4. The van der Waals surface area contributed by atoms with Crippen molar-refractivity contribution in [3.8, 4) is 0 Å². The molecule has 0 fully saturated rings. The number of rotatable bonds is 7. The van der Waals surface area contributed by atoms with E-state index in [1.165, 1.54) is 6.33 Å². The lowest BCUT2D eigenvalue weighted by Crippen LogP contribution is -2.51. The Morgan fingerprint density at radius 1 is 1.18 bits per heavy atom. The molecule has 0 aliphatic rings. The second kappa shape index (κ2) is 10.0. The highest BCUT2D eigenvalue weighted by Gasteiger charge is 2.34. The number of nitrogens with zero attached hydrogens (tertiary/aromatic N) is 3. The molecule has 4 N–H and O–H groups in total. The fraction of sp³-hybridized carbons (Fsp3) is 0.409. The van der Waals surface area contributed by atoms with Crippen LogP contribution in [0, 0.1) is 11.3 Å². The number of anilines is 3. The van der Waals surface area contributed by atoms with E-state index in [1.807, 2.05) is 40.7 Å². The van der Waals surface area contributed by atoms with Gasteiger partial charge in [0.05, 0.1) is 6.61 Å². The summed E-state index contributed by atoms with van der Waals surface area (Å²) in [6, 6.07) is 6.27. The zero-order valence-electron chi connectivity index (χ0n) is 19.2. The highest BCUT2D eigenvalue weighted by atomic mass is 35.5. The molecule has 10 nitrogen and oxygen atoms in total. The maximum Gasteiger partial charge on any atom is 0.407 e. The van der Waals surface area contributed by atoms with Gasteiger partial charge in [-0.25, -0.2) is 14.8 Å². The summed E-state index contributed by atoms with van der Waals surface area (Å²) >= 11 is 6.07. The van der Waals surface area contributed by atoms with Gasteiger partial charge in [-0.1, -0.05) is 52.3 Å². The highest BCUT2D eigenvalue weighted by Crippen LogP contribution is 2.29. The number of aromatic amines is 1. The third-order valence-electron chi connectivity index (χ3n) is 4.62. The van der Waals surface area contributed by atoms with Gasteiger partial charge in [-0.3, -0.25) is 9.89 Å². The van der Waals surface area contributed by atoms with Crippen LogP contribution in [0.15, 0.2) is 30.6 Å². The van der Waals surface area contributed by atoms with Crippen molar-refractivity contribution in [1.82, 2.24) is 25.5 Å². The fourth-order valence-electron chi connectivity index (χ4n) is 3.01. The van der Waals surface area contributed by atoms with E-state index < -0.39 is 23.5 Å². The molecule has 0 spiro atoms. The first kappa shape index (κ1) is 24.2. The van der Waals surface area contributed by atoms with Crippen molar-refractivity contribution in [3.05, 3.63) is 35.6 Å². The molecule has 33 heavy (non-hydrogen) atoms. The van der Waals surface area contributed by atoms with Crippen LogP contribution < -0.4 is 16.0 Å². The molecular weight excluding hydrogens is 446 g/mol. The van der Waals surface area contributed by atoms with E-state index in [2.05, 4.69) is 36.1 Å². The molecule has 0 aliphatic heterocycles. The molecule has 2 amide bonds. The van der Waals surface area contributed by atoms with E-state index in [0.717, 1.165) is 0 Å². The minimum absolute atomic E-state index is 0.179. The first-order valence-corrected chi connectivity index (χ1v) is 10.9. The Morgan fingerprint density at radius 3 is 2.61 bits per heavy atom. The smallest absolute Gasteiger partial charge is 0.407 e. The van der Waals surface area contributed by atoms with Crippen molar-refractivity contribution < 1.29 is 14.3 Å². The number of hydrogen-bond donors (Lipinski definition) is 4. The summed E-state index contributed by atoms with van der Waals surface area (Å²) in [5, 5.41) is 16.6. The molecule has 1 atom stereocenters. The van der Waals surface area contributed by atoms with Gasteiger partial charge < -0.3 is 20.7 Å². The molecule has 1 unspecified atom stereocenters. The van der Waals surface area contributed by atoms with Crippen molar-refractivity contribution in [1.29, 1.82) is 0 Å². The van der Waals surface area contributed by atoms with Crippen molar-refractivity contribution in [2.45, 2.75) is 40.7 Å². The minimum Gasteiger partial charge on any atom is -0.449 e. The van der Waals surface area contributed by atoms with E-state index in [1.54, 1.807) is 18.2 Å². The van der Waals surface area contributed by atoms with Gasteiger partial charge in [0.2, 0.25) is 5.91 Å². The van der Waals surface area contributed by atoms with Crippen LogP contribution in [-0.2, 0) is 9.53 Å². The second-order valence-electron chi connectivity index (χ2n) is 9.08. The number of ether oxygens (including phenoxy) is 1. The Bertz CT molecular complexity index is 1140. The molecule has 3 aromatic rings. The molecule has 0 radical (unpaired) electrons. The lowest BCUT2D eigenvalue weighted by Gasteiger charge is -2.29. The van der Waals surface area contributed by atoms with Gasteiger partial charge in [0.25, 0.3) is 0 Å². The van der Waals surface area contributed by atoms with Crippen molar-refractivity contribution in [2.75, 3.05) is 17.2 Å². The Kier molecular flexibility index (Phi) is 7.37. The third kappa shape index (κ3) is 6.32. The van der Waals surface area contributed by atoms with Gasteiger partial charge >= 0.3 is 6.09 Å². The van der Waals surface area contributed by atoms with Crippen molar-refractivity contribution in [3.63, 3.8) is 0 Å². The summed E-state index contributed by atoms with van der Waals surface area (Å²) in [5.41, 5.74) is 0.551. The topological polar surface area (TPSA) is 134 Å². The number of hydrogen-bond acceptors (Lipinski definition) is 7. The predicted octanol–water partition coefficient (Wildman–Crippen LogP) is 4.49. The molecule has 2 heterocycles. The Labute approximate surface area is 196 Å². The van der Waals surface area contributed by atoms with Gasteiger partial charge in [-0.15, -0.1) is 0 Å². The van der Waals surface area contributed by atoms with Crippen LogP contribution in [0.3, 0.4) is 0 Å². The monoisotopic (exact) mass is 473 g/mol. The zero-order valence-corrected chi connectivity index (χ0v) is 19.9. The number of nitrogens with one attached hydrogen (secondary N) is 4. The number of H-pyrrole nitrogens is 1. The van der Waals surface area contributed by atoms with E-state index >= 15 is 0 Å².